The summed E-state index contributed by atoms with van der Waals surface area (Å²) in [7, 11) is -9.00. The van der Waals surface area contributed by atoms with Crippen LogP contribution in [-0.2, 0) is 25.0 Å². The van der Waals surface area contributed by atoms with Crippen molar-refractivity contribution in [1.82, 2.24) is 0 Å². The van der Waals surface area contributed by atoms with Crippen LogP contribution in [0.25, 0.3) is 12.2 Å². The van der Waals surface area contributed by atoms with Gasteiger partial charge in [-0.15, -0.1) is 0 Å². The molecule has 0 saturated carbocycles. The lowest BCUT2D eigenvalue weighted by atomic mass is 10.1. The fourth-order valence-corrected chi connectivity index (χ4v) is 3.53. The molecule has 2 rings (SSSR count). The van der Waals surface area contributed by atoms with Gasteiger partial charge in [-0.2, -0.15) is 21.8 Å². The van der Waals surface area contributed by atoms with E-state index in [0.717, 1.165) is 6.07 Å². The highest BCUT2D eigenvalue weighted by Gasteiger charge is 2.16. The first-order valence-corrected chi connectivity index (χ1v) is 10.8. The minimum absolute atomic E-state index is 0.0935. The maximum atomic E-state index is 11.5. The monoisotopic (exact) mass is 456 g/mol. The molecule has 0 aliphatic rings. The van der Waals surface area contributed by atoms with E-state index in [4.69, 9.17) is 0 Å². The molecule has 2 aromatic rings. The Labute approximate surface area is 173 Å². The van der Waals surface area contributed by atoms with Crippen LogP contribution in [0.1, 0.15) is 18.1 Å². The summed E-state index contributed by atoms with van der Waals surface area (Å²) in [5, 5.41) is 2.08. The van der Waals surface area contributed by atoms with Crippen LogP contribution in [0.4, 0.5) is 5.69 Å². The van der Waals surface area contributed by atoms with Crippen molar-refractivity contribution >= 4 is 61.4 Å². The average Bonchev–Trinajstić information content (AvgIpc) is 2.59. The molecule has 4 N–H and O–H groups in total. The summed E-state index contributed by atoms with van der Waals surface area (Å²) >= 11 is 4.44. The number of amides is 1. The fourth-order valence-electron chi connectivity index (χ4n) is 2.04. The number of carbonyl (C=O) groups is 1. The van der Waals surface area contributed by atoms with Crippen LogP contribution < -0.4 is 5.73 Å². The number of benzene rings is 2. The lowest BCUT2D eigenvalue weighted by molar-refractivity contribution is -0.115. The van der Waals surface area contributed by atoms with E-state index < -0.39 is 25.1 Å². The van der Waals surface area contributed by atoms with Gasteiger partial charge in [-0.1, -0.05) is 36.4 Å². The molecule has 0 radical (unpaired) electrons. The summed E-state index contributed by atoms with van der Waals surface area (Å²) in [5.74, 6) is -0.333. The Hall–Kier alpha value is -2.73. The summed E-state index contributed by atoms with van der Waals surface area (Å²) in [6.07, 6.45) is 2.59. The standard InChI is InChI=1S/C15H11NO6S3.C2H5NO/c17-24(18,19)14-4-2-1-3-11(14)5-6-12-7-8-13(16-10-23)9-15(12)25(20,21)22;1-2(3)4/h1-9H,(H,17,18,19)(H,20,21,22);1H3,(H2,3,4). The molecular weight excluding hydrogens is 440 g/mol. The van der Waals surface area contributed by atoms with Crippen molar-refractivity contribution in [1.29, 1.82) is 0 Å². The molecule has 29 heavy (non-hydrogen) atoms. The summed E-state index contributed by atoms with van der Waals surface area (Å²) in [5.41, 5.74) is 4.89. The van der Waals surface area contributed by atoms with Gasteiger partial charge in [-0.05, 0) is 41.5 Å². The number of primary amides is 1. The molecule has 154 valence electrons. The normalized spacial score (nSPS) is 11.3. The van der Waals surface area contributed by atoms with Crippen molar-refractivity contribution in [2.24, 2.45) is 10.7 Å². The van der Waals surface area contributed by atoms with Crippen molar-refractivity contribution in [2.45, 2.75) is 16.7 Å². The quantitative estimate of drug-likeness (QED) is 0.267. The highest BCUT2D eigenvalue weighted by molar-refractivity contribution is 7.86. The number of nitrogens with zero attached hydrogens (tertiary/aromatic N) is 1. The van der Waals surface area contributed by atoms with E-state index in [1.54, 1.807) is 6.07 Å². The first-order valence-electron chi connectivity index (χ1n) is 7.56. The summed E-state index contributed by atoms with van der Waals surface area (Å²) < 4.78 is 64.4. The number of isothiocyanates is 1. The Bertz CT molecular complexity index is 1190. The van der Waals surface area contributed by atoms with Gasteiger partial charge >= 0.3 is 0 Å². The van der Waals surface area contributed by atoms with E-state index in [9.17, 15) is 30.7 Å². The minimum Gasteiger partial charge on any atom is -0.370 e. The van der Waals surface area contributed by atoms with Crippen molar-refractivity contribution < 1.29 is 30.7 Å². The molecule has 0 heterocycles. The van der Waals surface area contributed by atoms with E-state index in [2.05, 4.69) is 28.1 Å². The van der Waals surface area contributed by atoms with Crippen molar-refractivity contribution in [3.63, 3.8) is 0 Å². The topological polar surface area (TPSA) is 164 Å². The molecule has 0 spiro atoms. The minimum atomic E-state index is -4.56. The number of thiocarbonyl (C=S) groups is 1. The van der Waals surface area contributed by atoms with Gasteiger partial charge in [0.2, 0.25) is 5.91 Å². The van der Waals surface area contributed by atoms with Crippen molar-refractivity contribution in [2.75, 3.05) is 0 Å². The van der Waals surface area contributed by atoms with Crippen LogP contribution in [0, 0.1) is 0 Å². The van der Waals surface area contributed by atoms with Crippen LogP contribution in [-0.4, -0.2) is 37.0 Å². The molecular formula is C17H16N2O7S3. The van der Waals surface area contributed by atoms with Crippen LogP contribution in [0.15, 0.2) is 57.2 Å². The molecule has 0 fully saturated rings. The first-order chi connectivity index (χ1) is 13.4. The van der Waals surface area contributed by atoms with Crippen LogP contribution >= 0.6 is 12.2 Å². The Morgan fingerprint density at radius 2 is 1.48 bits per heavy atom. The molecule has 0 atom stereocenters. The number of rotatable bonds is 5. The lowest BCUT2D eigenvalue weighted by Gasteiger charge is -2.05. The average molecular weight is 457 g/mol. The van der Waals surface area contributed by atoms with Gasteiger partial charge < -0.3 is 5.73 Å². The Morgan fingerprint density at radius 3 is 1.97 bits per heavy atom. The van der Waals surface area contributed by atoms with E-state index in [1.807, 2.05) is 0 Å². The van der Waals surface area contributed by atoms with E-state index in [1.165, 1.54) is 49.4 Å². The van der Waals surface area contributed by atoms with Crippen LogP contribution in [0.5, 0.6) is 0 Å². The molecule has 0 aliphatic carbocycles. The van der Waals surface area contributed by atoms with Gasteiger partial charge in [-0.3, -0.25) is 13.9 Å². The second-order valence-corrected chi connectivity index (χ2v) is 8.32. The molecule has 0 unspecified atom stereocenters. The largest absolute Gasteiger partial charge is 0.370 e. The zero-order valence-electron chi connectivity index (χ0n) is 14.9. The second-order valence-electron chi connectivity index (χ2n) is 5.36. The third-order valence-electron chi connectivity index (χ3n) is 3.09. The highest BCUT2D eigenvalue weighted by Crippen LogP contribution is 2.25. The smallest absolute Gasteiger partial charge is 0.295 e. The van der Waals surface area contributed by atoms with Gasteiger partial charge in [0.15, 0.2) is 0 Å². The molecule has 0 aromatic heterocycles. The third-order valence-corrected chi connectivity index (χ3v) is 5.02. The van der Waals surface area contributed by atoms with Gasteiger partial charge in [0.1, 0.15) is 9.79 Å². The van der Waals surface area contributed by atoms with Crippen LogP contribution in [0.2, 0.25) is 0 Å². The number of carbonyl (C=O) groups excluding carboxylic acids is 1. The summed E-state index contributed by atoms with van der Waals surface area (Å²) in [6, 6.07) is 9.53. The maximum absolute atomic E-state index is 11.5. The summed E-state index contributed by atoms with van der Waals surface area (Å²) in [6.45, 7) is 1.31. The van der Waals surface area contributed by atoms with Crippen LogP contribution in [0.3, 0.4) is 0 Å². The lowest BCUT2D eigenvalue weighted by Crippen LogP contribution is -2.01. The molecule has 1 amide bonds. The molecule has 12 heteroatoms. The molecule has 0 saturated heterocycles. The molecule has 2 aromatic carbocycles. The maximum Gasteiger partial charge on any atom is 0.295 e. The third kappa shape index (κ3) is 8.03. The molecule has 0 aliphatic heterocycles. The Kier molecular flexibility index (Phi) is 8.52. The van der Waals surface area contributed by atoms with Gasteiger partial charge in [0.05, 0.1) is 10.8 Å². The fraction of sp³-hybridized carbons (Fsp3) is 0.0588. The van der Waals surface area contributed by atoms with E-state index in [-0.39, 0.29) is 27.6 Å². The SMILES string of the molecule is CC(N)=O.O=S(=O)(O)c1ccccc1C=Cc1ccc(N=C=S)cc1S(=O)(=O)O. The molecule has 0 bridgehead atoms. The van der Waals surface area contributed by atoms with E-state index in [0.29, 0.717) is 0 Å². The van der Waals surface area contributed by atoms with E-state index >= 15 is 0 Å². The molecule has 9 nitrogen and oxygen atoms in total. The van der Waals surface area contributed by atoms with Crippen molar-refractivity contribution in [3.05, 3.63) is 53.6 Å². The number of hydrogen-bond acceptors (Lipinski definition) is 7. The number of aliphatic imine (C=N–C) groups is 1. The zero-order chi connectivity index (χ0) is 22.2. The van der Waals surface area contributed by atoms with Gasteiger partial charge in [0, 0.05) is 6.92 Å². The predicted molar refractivity (Wildman–Crippen MR) is 111 cm³/mol. The highest BCUT2D eigenvalue weighted by atomic mass is 32.2. The Morgan fingerprint density at radius 1 is 1.00 bits per heavy atom. The predicted octanol–water partition coefficient (Wildman–Crippen LogP) is 2.58. The number of nitrogens with two attached hydrogens (primary N) is 1. The second kappa shape index (κ2) is 10.2. The van der Waals surface area contributed by atoms with Gasteiger partial charge in [-0.25, -0.2) is 0 Å². The van der Waals surface area contributed by atoms with Gasteiger partial charge in [0.25, 0.3) is 20.2 Å². The zero-order valence-corrected chi connectivity index (χ0v) is 17.3. The number of hydrogen-bond donors (Lipinski definition) is 3. The first kappa shape index (κ1) is 24.3. The summed E-state index contributed by atoms with van der Waals surface area (Å²) in [4.78, 5) is 12.1. The Balaban J connectivity index is 0.000000960. The van der Waals surface area contributed by atoms with Crippen molar-refractivity contribution in [3.8, 4) is 0 Å².